The maximum absolute atomic E-state index is 12.6. The predicted octanol–water partition coefficient (Wildman–Crippen LogP) is 4.40. The Labute approximate surface area is 156 Å². The van der Waals surface area contributed by atoms with E-state index in [0.29, 0.717) is 19.0 Å². The molecule has 1 N–H and O–H groups in total. The molecular formula is C21H30N2O3. The van der Waals surface area contributed by atoms with Crippen LogP contribution >= 0.6 is 0 Å². The van der Waals surface area contributed by atoms with Crippen molar-refractivity contribution in [1.29, 1.82) is 0 Å². The Morgan fingerprint density at radius 3 is 2.38 bits per heavy atom. The standard InChI is InChI=1S/C21H30N2O3/c1-14(2)16-8-6-7-9-17(16)22-18(24)15-10-21(11-15)12-23(13-21)19(25)26-20(3,4)5/h6-9,14-15H,10-13H2,1-5H3,(H,22,24). The third-order valence-corrected chi connectivity index (χ3v) is 5.27. The van der Waals surface area contributed by atoms with Gasteiger partial charge in [-0.25, -0.2) is 4.79 Å². The molecule has 1 aromatic carbocycles. The number of carbonyl (C=O) groups excluding carboxylic acids is 2. The number of hydrogen-bond acceptors (Lipinski definition) is 3. The van der Waals surface area contributed by atoms with E-state index in [4.69, 9.17) is 4.74 Å². The van der Waals surface area contributed by atoms with Crippen LogP contribution in [0.4, 0.5) is 10.5 Å². The molecule has 1 aliphatic heterocycles. The minimum Gasteiger partial charge on any atom is -0.444 e. The van der Waals surface area contributed by atoms with Crippen LogP contribution in [-0.2, 0) is 9.53 Å². The molecule has 5 nitrogen and oxygen atoms in total. The lowest BCUT2D eigenvalue weighted by Crippen LogP contribution is -2.65. The third-order valence-electron chi connectivity index (χ3n) is 5.27. The zero-order valence-corrected chi connectivity index (χ0v) is 16.5. The first kappa shape index (κ1) is 18.7. The van der Waals surface area contributed by atoms with Gasteiger partial charge in [-0.3, -0.25) is 4.79 Å². The highest BCUT2D eigenvalue weighted by Gasteiger charge is 2.56. The Kier molecular flexibility index (Phi) is 4.76. The molecule has 3 rings (SSSR count). The van der Waals surface area contributed by atoms with E-state index in [2.05, 4.69) is 25.2 Å². The van der Waals surface area contributed by atoms with E-state index in [1.54, 1.807) is 4.90 Å². The summed E-state index contributed by atoms with van der Waals surface area (Å²) in [5, 5.41) is 3.10. The van der Waals surface area contributed by atoms with Crippen LogP contribution in [-0.4, -0.2) is 35.6 Å². The van der Waals surface area contributed by atoms with Gasteiger partial charge < -0.3 is 15.0 Å². The fourth-order valence-electron chi connectivity index (χ4n) is 4.00. The number of ether oxygens (including phenoxy) is 1. The smallest absolute Gasteiger partial charge is 0.410 e. The highest BCUT2D eigenvalue weighted by Crippen LogP contribution is 2.52. The number of nitrogens with one attached hydrogen (secondary N) is 1. The van der Waals surface area contributed by atoms with Crippen molar-refractivity contribution in [3.63, 3.8) is 0 Å². The molecule has 5 heteroatoms. The van der Waals surface area contributed by atoms with Crippen molar-refractivity contribution in [2.75, 3.05) is 18.4 Å². The molecule has 0 radical (unpaired) electrons. The minimum atomic E-state index is -0.467. The van der Waals surface area contributed by atoms with E-state index in [1.807, 2.05) is 39.0 Å². The summed E-state index contributed by atoms with van der Waals surface area (Å²) >= 11 is 0. The molecule has 1 aliphatic carbocycles. The number of amides is 2. The molecule has 2 aliphatic rings. The minimum absolute atomic E-state index is 0.0380. The first-order valence-corrected chi connectivity index (χ1v) is 9.46. The largest absolute Gasteiger partial charge is 0.444 e. The molecule has 1 heterocycles. The summed E-state index contributed by atoms with van der Waals surface area (Å²) in [6, 6.07) is 7.99. The van der Waals surface area contributed by atoms with Gasteiger partial charge in [-0.05, 0) is 51.2 Å². The zero-order chi connectivity index (χ0) is 19.1. The fraction of sp³-hybridized carbons (Fsp3) is 0.619. The highest BCUT2D eigenvalue weighted by atomic mass is 16.6. The number of nitrogens with zero attached hydrogens (tertiary/aromatic N) is 1. The van der Waals surface area contributed by atoms with Crippen LogP contribution in [0.5, 0.6) is 0 Å². The molecule has 0 aromatic heterocycles. The summed E-state index contributed by atoms with van der Waals surface area (Å²) in [6.45, 7) is 11.3. The van der Waals surface area contributed by atoms with Gasteiger partial charge in [0.25, 0.3) is 0 Å². The van der Waals surface area contributed by atoms with Crippen molar-refractivity contribution in [1.82, 2.24) is 4.90 Å². The van der Waals surface area contributed by atoms with E-state index >= 15 is 0 Å². The van der Waals surface area contributed by atoms with Crippen LogP contribution in [0.15, 0.2) is 24.3 Å². The van der Waals surface area contributed by atoms with Crippen LogP contribution in [0.25, 0.3) is 0 Å². The Morgan fingerprint density at radius 2 is 1.81 bits per heavy atom. The van der Waals surface area contributed by atoms with Crippen LogP contribution < -0.4 is 5.32 Å². The average molecular weight is 358 g/mol. The van der Waals surface area contributed by atoms with Gasteiger partial charge in [-0.15, -0.1) is 0 Å². The molecule has 1 saturated heterocycles. The summed E-state index contributed by atoms with van der Waals surface area (Å²) in [7, 11) is 0. The van der Waals surface area contributed by atoms with E-state index in [1.165, 1.54) is 0 Å². The zero-order valence-electron chi connectivity index (χ0n) is 16.5. The first-order valence-electron chi connectivity index (χ1n) is 9.46. The fourth-order valence-corrected chi connectivity index (χ4v) is 4.00. The lowest BCUT2D eigenvalue weighted by Gasteiger charge is -2.58. The summed E-state index contributed by atoms with van der Waals surface area (Å²) in [4.78, 5) is 26.4. The average Bonchev–Trinajstić information content (AvgIpc) is 2.42. The van der Waals surface area contributed by atoms with Crippen LogP contribution in [0.3, 0.4) is 0 Å². The van der Waals surface area contributed by atoms with E-state index < -0.39 is 5.60 Å². The maximum Gasteiger partial charge on any atom is 0.410 e. The number of likely N-dealkylation sites (tertiary alicyclic amines) is 1. The lowest BCUT2D eigenvalue weighted by molar-refractivity contribution is -0.137. The number of para-hydroxylation sites is 1. The van der Waals surface area contributed by atoms with Crippen molar-refractivity contribution in [2.24, 2.45) is 11.3 Å². The predicted molar refractivity (Wildman–Crippen MR) is 102 cm³/mol. The number of carbonyl (C=O) groups is 2. The Bertz CT molecular complexity index is 691. The molecular weight excluding hydrogens is 328 g/mol. The van der Waals surface area contributed by atoms with Gasteiger partial charge in [0.15, 0.2) is 0 Å². The second-order valence-corrected chi connectivity index (χ2v) is 9.17. The molecule has 0 bridgehead atoms. The first-order chi connectivity index (χ1) is 12.1. The summed E-state index contributed by atoms with van der Waals surface area (Å²) in [5.41, 5.74) is 1.73. The van der Waals surface area contributed by atoms with Gasteiger partial charge in [0.05, 0.1) is 0 Å². The number of benzene rings is 1. The van der Waals surface area contributed by atoms with Crippen LogP contribution in [0.1, 0.15) is 58.9 Å². The summed E-state index contributed by atoms with van der Waals surface area (Å²) in [6.07, 6.45) is 1.45. The SMILES string of the molecule is CC(C)c1ccccc1NC(=O)C1CC2(C1)CN(C(=O)OC(C)(C)C)C2. The Balaban J connectivity index is 1.49. The molecule has 142 valence electrons. The van der Waals surface area contributed by atoms with Gasteiger partial charge >= 0.3 is 6.09 Å². The Morgan fingerprint density at radius 1 is 1.19 bits per heavy atom. The van der Waals surface area contributed by atoms with Crippen molar-refractivity contribution < 1.29 is 14.3 Å². The molecule has 26 heavy (non-hydrogen) atoms. The quantitative estimate of drug-likeness (QED) is 0.871. The molecule has 0 atom stereocenters. The number of hydrogen-bond donors (Lipinski definition) is 1. The molecule has 1 saturated carbocycles. The van der Waals surface area contributed by atoms with Crippen molar-refractivity contribution in [2.45, 2.75) is 59.0 Å². The molecule has 2 fully saturated rings. The van der Waals surface area contributed by atoms with E-state index in [9.17, 15) is 9.59 Å². The second kappa shape index (κ2) is 6.60. The molecule has 1 spiro atoms. The molecule has 0 unspecified atom stereocenters. The molecule has 1 aromatic rings. The maximum atomic E-state index is 12.6. The monoisotopic (exact) mass is 358 g/mol. The number of anilines is 1. The van der Waals surface area contributed by atoms with Gasteiger partial charge in [0.1, 0.15) is 5.60 Å². The van der Waals surface area contributed by atoms with Crippen LogP contribution in [0.2, 0.25) is 0 Å². The number of rotatable bonds is 3. The van der Waals surface area contributed by atoms with Gasteiger partial charge in [0, 0.05) is 30.1 Å². The Hall–Kier alpha value is -2.04. The third kappa shape index (κ3) is 3.87. The normalized spacial score (nSPS) is 19.1. The van der Waals surface area contributed by atoms with Gasteiger partial charge in [0.2, 0.25) is 5.91 Å². The van der Waals surface area contributed by atoms with Crippen LogP contribution in [0, 0.1) is 11.3 Å². The topological polar surface area (TPSA) is 58.6 Å². The summed E-state index contributed by atoms with van der Waals surface area (Å²) < 4.78 is 5.40. The van der Waals surface area contributed by atoms with Crippen molar-refractivity contribution in [3.05, 3.63) is 29.8 Å². The highest BCUT2D eigenvalue weighted by molar-refractivity contribution is 5.94. The summed E-state index contributed by atoms with van der Waals surface area (Å²) in [5.74, 6) is 0.503. The van der Waals surface area contributed by atoms with Gasteiger partial charge in [-0.1, -0.05) is 32.0 Å². The van der Waals surface area contributed by atoms with Crippen molar-refractivity contribution in [3.8, 4) is 0 Å². The molecule has 2 amide bonds. The van der Waals surface area contributed by atoms with Gasteiger partial charge in [-0.2, -0.15) is 0 Å². The van der Waals surface area contributed by atoms with E-state index in [-0.39, 0.29) is 23.3 Å². The van der Waals surface area contributed by atoms with Crippen molar-refractivity contribution >= 4 is 17.7 Å². The lowest BCUT2D eigenvalue weighted by atomic mass is 9.57. The van der Waals surface area contributed by atoms with E-state index in [0.717, 1.165) is 24.1 Å². The second-order valence-electron chi connectivity index (χ2n) is 9.17.